The number of thiophene rings is 1. The highest BCUT2D eigenvalue weighted by Crippen LogP contribution is 2.22. The van der Waals surface area contributed by atoms with Gasteiger partial charge in [0.05, 0.1) is 0 Å². The molecule has 2 rings (SSSR count). The zero-order chi connectivity index (χ0) is 17.0. The van der Waals surface area contributed by atoms with Crippen LogP contribution in [0.1, 0.15) is 48.9 Å². The fourth-order valence-electron chi connectivity index (χ4n) is 2.92. The Balaban J connectivity index is 1.69. The Kier molecular flexibility index (Phi) is 6.09. The Morgan fingerprint density at radius 3 is 2.52 bits per heavy atom. The van der Waals surface area contributed by atoms with Crippen molar-refractivity contribution in [3.63, 3.8) is 0 Å². The standard InChI is InChI=1S/C18H30N2O2S/c1-13-10-16(14(2)23-13)12-19-11-15-6-8-20(9-7-15)17(21)22-18(3,4)5/h10,15,19H,6-9,11-12H2,1-5H3. The molecule has 1 fully saturated rings. The minimum absolute atomic E-state index is 0.173. The first kappa shape index (κ1) is 18.3. The highest BCUT2D eigenvalue weighted by molar-refractivity contribution is 7.12. The number of aryl methyl sites for hydroxylation is 2. The number of likely N-dealkylation sites (tertiary alicyclic amines) is 1. The summed E-state index contributed by atoms with van der Waals surface area (Å²) in [5.74, 6) is 0.647. The Labute approximate surface area is 144 Å². The Morgan fingerprint density at radius 2 is 2.00 bits per heavy atom. The first-order valence-electron chi connectivity index (χ1n) is 8.49. The number of hydrogen-bond acceptors (Lipinski definition) is 4. The fraction of sp³-hybridized carbons (Fsp3) is 0.722. The molecule has 1 aromatic heterocycles. The fourth-order valence-corrected chi connectivity index (χ4v) is 3.86. The van der Waals surface area contributed by atoms with Gasteiger partial charge in [0.1, 0.15) is 5.60 Å². The lowest BCUT2D eigenvalue weighted by Gasteiger charge is -2.33. The van der Waals surface area contributed by atoms with E-state index in [1.165, 1.54) is 15.3 Å². The van der Waals surface area contributed by atoms with E-state index in [-0.39, 0.29) is 6.09 Å². The first-order valence-corrected chi connectivity index (χ1v) is 9.31. The van der Waals surface area contributed by atoms with Crippen LogP contribution in [0.25, 0.3) is 0 Å². The van der Waals surface area contributed by atoms with E-state index in [0.29, 0.717) is 5.92 Å². The summed E-state index contributed by atoms with van der Waals surface area (Å²) >= 11 is 1.87. The average Bonchev–Trinajstić information content (AvgIpc) is 2.76. The minimum Gasteiger partial charge on any atom is -0.444 e. The molecule has 1 aliphatic heterocycles. The van der Waals surface area contributed by atoms with Crippen molar-refractivity contribution in [2.45, 2.75) is 59.6 Å². The van der Waals surface area contributed by atoms with Crippen molar-refractivity contribution >= 4 is 17.4 Å². The molecule has 2 heterocycles. The zero-order valence-electron chi connectivity index (χ0n) is 15.1. The Morgan fingerprint density at radius 1 is 1.35 bits per heavy atom. The van der Waals surface area contributed by atoms with Crippen molar-refractivity contribution in [3.05, 3.63) is 21.4 Å². The van der Waals surface area contributed by atoms with Crippen molar-refractivity contribution in [2.75, 3.05) is 19.6 Å². The lowest BCUT2D eigenvalue weighted by atomic mass is 9.97. The Hall–Kier alpha value is -1.07. The van der Waals surface area contributed by atoms with Gasteiger partial charge in [-0.2, -0.15) is 0 Å². The van der Waals surface area contributed by atoms with Gasteiger partial charge in [-0.3, -0.25) is 0 Å². The molecule has 1 aliphatic rings. The van der Waals surface area contributed by atoms with Gasteiger partial charge in [0.15, 0.2) is 0 Å². The monoisotopic (exact) mass is 338 g/mol. The molecular formula is C18H30N2O2S. The second-order valence-electron chi connectivity index (χ2n) is 7.48. The van der Waals surface area contributed by atoms with Crippen LogP contribution in [0.4, 0.5) is 4.79 Å². The molecule has 0 aromatic carbocycles. The predicted octanol–water partition coefficient (Wildman–Crippen LogP) is 4.10. The van der Waals surface area contributed by atoms with Gasteiger partial charge in [-0.1, -0.05) is 0 Å². The van der Waals surface area contributed by atoms with Crippen LogP contribution in [0.15, 0.2) is 6.07 Å². The molecule has 0 saturated carbocycles. The molecule has 1 N–H and O–H groups in total. The van der Waals surface area contributed by atoms with Crippen LogP contribution in [0.5, 0.6) is 0 Å². The van der Waals surface area contributed by atoms with E-state index in [9.17, 15) is 4.79 Å². The van der Waals surface area contributed by atoms with Gasteiger partial charge >= 0.3 is 6.09 Å². The third-order valence-corrected chi connectivity index (χ3v) is 5.17. The zero-order valence-corrected chi connectivity index (χ0v) is 15.9. The van der Waals surface area contributed by atoms with E-state index >= 15 is 0 Å². The number of nitrogens with one attached hydrogen (secondary N) is 1. The smallest absolute Gasteiger partial charge is 0.410 e. The van der Waals surface area contributed by atoms with E-state index in [2.05, 4.69) is 25.2 Å². The van der Waals surface area contributed by atoms with E-state index < -0.39 is 5.60 Å². The summed E-state index contributed by atoms with van der Waals surface area (Å²) in [4.78, 5) is 16.7. The molecule has 23 heavy (non-hydrogen) atoms. The number of nitrogens with zero attached hydrogens (tertiary/aromatic N) is 1. The maximum absolute atomic E-state index is 12.0. The highest BCUT2D eigenvalue weighted by Gasteiger charge is 2.26. The second kappa shape index (κ2) is 7.67. The van der Waals surface area contributed by atoms with Gasteiger partial charge in [0.25, 0.3) is 0 Å². The molecule has 0 unspecified atom stereocenters. The Bertz CT molecular complexity index is 526. The summed E-state index contributed by atoms with van der Waals surface area (Å²) in [5.41, 5.74) is 1.00. The van der Waals surface area contributed by atoms with Gasteiger partial charge in [0, 0.05) is 29.4 Å². The molecular weight excluding hydrogens is 308 g/mol. The van der Waals surface area contributed by atoms with Crippen molar-refractivity contribution < 1.29 is 9.53 Å². The van der Waals surface area contributed by atoms with Crippen LogP contribution in [0.3, 0.4) is 0 Å². The number of carbonyl (C=O) groups is 1. The van der Waals surface area contributed by atoms with Gasteiger partial charge < -0.3 is 15.0 Å². The normalized spacial score (nSPS) is 16.7. The maximum Gasteiger partial charge on any atom is 0.410 e. The summed E-state index contributed by atoms with van der Waals surface area (Å²) in [6.07, 6.45) is 1.93. The molecule has 0 radical (unpaired) electrons. The number of carbonyl (C=O) groups excluding carboxylic acids is 1. The third kappa shape index (κ3) is 5.81. The third-order valence-electron chi connectivity index (χ3n) is 4.16. The molecule has 1 amide bonds. The predicted molar refractivity (Wildman–Crippen MR) is 96.0 cm³/mol. The highest BCUT2D eigenvalue weighted by atomic mass is 32.1. The average molecular weight is 339 g/mol. The van der Waals surface area contributed by atoms with E-state index in [1.807, 2.05) is 37.0 Å². The van der Waals surface area contributed by atoms with Crippen LogP contribution in [-0.2, 0) is 11.3 Å². The topological polar surface area (TPSA) is 41.6 Å². The molecule has 0 bridgehead atoms. The number of piperidine rings is 1. The molecule has 1 aromatic rings. The summed E-state index contributed by atoms with van der Waals surface area (Å²) in [7, 11) is 0. The maximum atomic E-state index is 12.0. The first-order chi connectivity index (χ1) is 10.7. The summed E-state index contributed by atoms with van der Waals surface area (Å²) in [5, 5.41) is 3.58. The molecule has 130 valence electrons. The van der Waals surface area contributed by atoms with Crippen molar-refractivity contribution in [3.8, 4) is 0 Å². The molecule has 0 atom stereocenters. The second-order valence-corrected chi connectivity index (χ2v) is 8.94. The van der Waals surface area contributed by atoms with Crippen LogP contribution >= 0.6 is 11.3 Å². The van der Waals surface area contributed by atoms with Crippen molar-refractivity contribution in [1.29, 1.82) is 0 Å². The largest absolute Gasteiger partial charge is 0.444 e. The van der Waals surface area contributed by atoms with Crippen LogP contribution in [-0.4, -0.2) is 36.2 Å². The lowest BCUT2D eigenvalue weighted by molar-refractivity contribution is 0.0184. The lowest BCUT2D eigenvalue weighted by Crippen LogP contribution is -2.43. The molecule has 4 nitrogen and oxygen atoms in total. The van der Waals surface area contributed by atoms with Gasteiger partial charge in [-0.15, -0.1) is 11.3 Å². The number of amides is 1. The van der Waals surface area contributed by atoms with Gasteiger partial charge in [0.2, 0.25) is 0 Å². The summed E-state index contributed by atoms with van der Waals surface area (Å²) in [6, 6.07) is 2.28. The molecule has 5 heteroatoms. The van der Waals surface area contributed by atoms with E-state index in [0.717, 1.165) is 39.0 Å². The van der Waals surface area contributed by atoms with Gasteiger partial charge in [-0.05, 0) is 71.6 Å². The van der Waals surface area contributed by atoms with E-state index in [4.69, 9.17) is 4.74 Å². The minimum atomic E-state index is -0.411. The number of ether oxygens (including phenoxy) is 1. The summed E-state index contributed by atoms with van der Waals surface area (Å²) < 4.78 is 5.44. The van der Waals surface area contributed by atoms with Crippen LogP contribution < -0.4 is 5.32 Å². The molecule has 0 aliphatic carbocycles. The van der Waals surface area contributed by atoms with Crippen molar-refractivity contribution in [2.24, 2.45) is 5.92 Å². The quantitative estimate of drug-likeness (QED) is 0.898. The van der Waals surface area contributed by atoms with Crippen LogP contribution in [0, 0.1) is 19.8 Å². The molecule has 1 saturated heterocycles. The summed E-state index contributed by atoms with van der Waals surface area (Å²) in [6.45, 7) is 13.7. The number of rotatable bonds is 4. The van der Waals surface area contributed by atoms with E-state index in [1.54, 1.807) is 0 Å². The number of hydrogen-bond donors (Lipinski definition) is 1. The van der Waals surface area contributed by atoms with Gasteiger partial charge in [-0.25, -0.2) is 4.79 Å². The SMILES string of the molecule is Cc1cc(CNCC2CCN(C(=O)OC(C)(C)C)CC2)c(C)s1. The molecule has 0 spiro atoms. The van der Waals surface area contributed by atoms with Crippen LogP contribution in [0.2, 0.25) is 0 Å². The van der Waals surface area contributed by atoms with Crippen molar-refractivity contribution in [1.82, 2.24) is 10.2 Å².